The molecule has 0 aromatic carbocycles. The van der Waals surface area contributed by atoms with Crippen molar-refractivity contribution in [1.82, 2.24) is 0 Å². The fourth-order valence-corrected chi connectivity index (χ4v) is 5.49. The summed E-state index contributed by atoms with van der Waals surface area (Å²) in [5.74, 6) is 0.255. The summed E-state index contributed by atoms with van der Waals surface area (Å²) in [6, 6.07) is 0. The second-order valence-electron chi connectivity index (χ2n) is 7.93. The summed E-state index contributed by atoms with van der Waals surface area (Å²) in [7, 11) is 0. The standard InChI is InChI=1S/C17H26O4/c1-10-5-6-12-16(3,4)8-7-13(21-11(2)18)17(12)9-20-15(19)14(10)17/h10,12-14H,5-9H2,1-4H3. The van der Waals surface area contributed by atoms with E-state index in [2.05, 4.69) is 20.8 Å². The quantitative estimate of drug-likeness (QED) is 0.698. The Morgan fingerprint density at radius 1 is 1.29 bits per heavy atom. The average Bonchev–Trinajstić information content (AvgIpc) is 2.73. The smallest absolute Gasteiger partial charge is 0.310 e. The molecule has 21 heavy (non-hydrogen) atoms. The van der Waals surface area contributed by atoms with E-state index in [0.29, 0.717) is 18.4 Å². The molecule has 2 saturated carbocycles. The molecule has 0 radical (unpaired) electrons. The molecule has 0 N–H and O–H groups in total. The van der Waals surface area contributed by atoms with Gasteiger partial charge in [0.1, 0.15) is 12.7 Å². The van der Waals surface area contributed by atoms with E-state index >= 15 is 0 Å². The van der Waals surface area contributed by atoms with E-state index in [1.165, 1.54) is 6.92 Å². The molecule has 4 nitrogen and oxygen atoms in total. The van der Waals surface area contributed by atoms with Crippen LogP contribution in [0.3, 0.4) is 0 Å². The SMILES string of the molecule is CC(=O)OC1CCC(C)(C)C2CCC(C)C3C(=O)OCC132. The second kappa shape index (κ2) is 4.72. The molecule has 5 atom stereocenters. The number of carbonyl (C=O) groups excluding carboxylic acids is 2. The Balaban J connectivity index is 2.07. The van der Waals surface area contributed by atoms with Crippen LogP contribution in [-0.4, -0.2) is 24.6 Å². The maximum Gasteiger partial charge on any atom is 0.310 e. The van der Waals surface area contributed by atoms with Gasteiger partial charge in [-0.1, -0.05) is 20.8 Å². The number of esters is 2. The highest BCUT2D eigenvalue weighted by atomic mass is 16.6. The lowest BCUT2D eigenvalue weighted by molar-refractivity contribution is -0.190. The Bertz CT molecular complexity index is 469. The van der Waals surface area contributed by atoms with Crippen molar-refractivity contribution in [3.63, 3.8) is 0 Å². The highest BCUT2D eigenvalue weighted by Crippen LogP contribution is 2.64. The molecule has 0 aromatic rings. The Morgan fingerprint density at radius 2 is 2.00 bits per heavy atom. The van der Waals surface area contributed by atoms with Gasteiger partial charge in [0.2, 0.25) is 0 Å². The van der Waals surface area contributed by atoms with Crippen molar-refractivity contribution in [2.24, 2.45) is 28.6 Å². The van der Waals surface area contributed by atoms with Crippen LogP contribution in [-0.2, 0) is 19.1 Å². The lowest BCUT2D eigenvalue weighted by Gasteiger charge is -2.58. The van der Waals surface area contributed by atoms with Crippen LogP contribution >= 0.6 is 0 Å². The Labute approximate surface area is 126 Å². The maximum absolute atomic E-state index is 12.3. The van der Waals surface area contributed by atoms with Gasteiger partial charge in [-0.2, -0.15) is 0 Å². The van der Waals surface area contributed by atoms with Gasteiger partial charge in [0.15, 0.2) is 0 Å². The molecule has 1 aliphatic heterocycles. The second-order valence-corrected chi connectivity index (χ2v) is 7.93. The van der Waals surface area contributed by atoms with Crippen LogP contribution in [0.5, 0.6) is 0 Å². The lowest BCUT2D eigenvalue weighted by atomic mass is 9.46. The van der Waals surface area contributed by atoms with Gasteiger partial charge in [0.25, 0.3) is 0 Å². The predicted octanol–water partition coefficient (Wildman–Crippen LogP) is 2.94. The van der Waals surface area contributed by atoms with E-state index in [-0.39, 0.29) is 34.8 Å². The van der Waals surface area contributed by atoms with E-state index in [4.69, 9.17) is 9.47 Å². The summed E-state index contributed by atoms with van der Waals surface area (Å²) in [4.78, 5) is 23.9. The summed E-state index contributed by atoms with van der Waals surface area (Å²) >= 11 is 0. The summed E-state index contributed by atoms with van der Waals surface area (Å²) in [5, 5.41) is 0. The first-order valence-corrected chi connectivity index (χ1v) is 8.13. The highest BCUT2D eigenvalue weighted by molar-refractivity contribution is 5.77. The zero-order chi connectivity index (χ0) is 15.4. The van der Waals surface area contributed by atoms with Gasteiger partial charge < -0.3 is 9.47 Å². The number of hydrogen-bond acceptors (Lipinski definition) is 4. The van der Waals surface area contributed by atoms with Crippen LogP contribution in [0.15, 0.2) is 0 Å². The molecule has 3 rings (SSSR count). The van der Waals surface area contributed by atoms with Crippen LogP contribution in [0.2, 0.25) is 0 Å². The van der Waals surface area contributed by atoms with Crippen molar-refractivity contribution < 1.29 is 19.1 Å². The third-order valence-corrected chi connectivity index (χ3v) is 6.33. The molecule has 3 fully saturated rings. The molecular weight excluding hydrogens is 268 g/mol. The van der Waals surface area contributed by atoms with Gasteiger partial charge >= 0.3 is 11.9 Å². The fourth-order valence-electron chi connectivity index (χ4n) is 5.49. The van der Waals surface area contributed by atoms with Crippen molar-refractivity contribution >= 4 is 11.9 Å². The largest absolute Gasteiger partial charge is 0.465 e. The third-order valence-electron chi connectivity index (χ3n) is 6.33. The Hall–Kier alpha value is -1.06. The summed E-state index contributed by atoms with van der Waals surface area (Å²) in [5.41, 5.74) is -0.134. The molecule has 0 aromatic heterocycles. The minimum Gasteiger partial charge on any atom is -0.465 e. The first kappa shape index (κ1) is 14.9. The van der Waals surface area contributed by atoms with E-state index < -0.39 is 0 Å². The van der Waals surface area contributed by atoms with Crippen LogP contribution in [0.4, 0.5) is 0 Å². The van der Waals surface area contributed by atoms with Crippen LogP contribution in [0.25, 0.3) is 0 Å². The zero-order valence-corrected chi connectivity index (χ0v) is 13.5. The van der Waals surface area contributed by atoms with Crippen LogP contribution < -0.4 is 0 Å². The highest BCUT2D eigenvalue weighted by Gasteiger charge is 2.67. The van der Waals surface area contributed by atoms with Crippen molar-refractivity contribution in [2.45, 2.75) is 59.5 Å². The van der Waals surface area contributed by atoms with E-state index in [0.717, 1.165) is 25.7 Å². The lowest BCUT2D eigenvalue weighted by Crippen LogP contribution is -2.60. The first-order chi connectivity index (χ1) is 9.79. The van der Waals surface area contributed by atoms with Crippen molar-refractivity contribution in [2.75, 3.05) is 6.61 Å². The molecule has 118 valence electrons. The topological polar surface area (TPSA) is 52.6 Å². The molecule has 1 spiro atoms. The molecule has 3 aliphatic rings. The van der Waals surface area contributed by atoms with Crippen molar-refractivity contribution in [3.8, 4) is 0 Å². The van der Waals surface area contributed by atoms with Gasteiger partial charge in [0.05, 0.1) is 11.3 Å². The van der Waals surface area contributed by atoms with E-state index in [9.17, 15) is 9.59 Å². The Morgan fingerprint density at radius 3 is 2.67 bits per heavy atom. The van der Waals surface area contributed by atoms with Gasteiger partial charge in [0, 0.05) is 6.92 Å². The Kier molecular flexibility index (Phi) is 3.34. The van der Waals surface area contributed by atoms with Crippen molar-refractivity contribution in [1.29, 1.82) is 0 Å². The number of carbonyl (C=O) groups is 2. The molecule has 2 aliphatic carbocycles. The molecule has 0 bridgehead atoms. The zero-order valence-electron chi connectivity index (χ0n) is 13.5. The van der Waals surface area contributed by atoms with Gasteiger partial charge in [-0.3, -0.25) is 9.59 Å². The summed E-state index contributed by atoms with van der Waals surface area (Å²) in [6.07, 6.45) is 3.85. The predicted molar refractivity (Wildman–Crippen MR) is 77.3 cm³/mol. The van der Waals surface area contributed by atoms with Gasteiger partial charge in [-0.05, 0) is 42.9 Å². The third kappa shape index (κ3) is 2.01. The fraction of sp³-hybridized carbons (Fsp3) is 0.882. The first-order valence-electron chi connectivity index (χ1n) is 8.13. The van der Waals surface area contributed by atoms with Crippen molar-refractivity contribution in [3.05, 3.63) is 0 Å². The summed E-state index contributed by atoms with van der Waals surface area (Å²) < 4.78 is 11.2. The van der Waals surface area contributed by atoms with Gasteiger partial charge in [-0.25, -0.2) is 0 Å². The molecule has 0 amide bonds. The number of hydrogen-bond donors (Lipinski definition) is 0. The van der Waals surface area contributed by atoms with Crippen LogP contribution in [0.1, 0.15) is 53.4 Å². The van der Waals surface area contributed by atoms with E-state index in [1.807, 2.05) is 0 Å². The van der Waals surface area contributed by atoms with Crippen LogP contribution in [0, 0.1) is 28.6 Å². The minimum absolute atomic E-state index is 0.0814. The molecule has 1 saturated heterocycles. The number of ether oxygens (including phenoxy) is 2. The molecule has 4 heteroatoms. The molecule has 5 unspecified atom stereocenters. The maximum atomic E-state index is 12.3. The number of rotatable bonds is 1. The normalized spacial score (nSPS) is 44.5. The minimum atomic E-state index is -0.303. The monoisotopic (exact) mass is 294 g/mol. The van der Waals surface area contributed by atoms with Gasteiger partial charge in [-0.15, -0.1) is 0 Å². The van der Waals surface area contributed by atoms with E-state index in [1.54, 1.807) is 0 Å². The molecular formula is C17H26O4. The summed E-state index contributed by atoms with van der Waals surface area (Å²) in [6.45, 7) is 8.61. The number of cyclic esters (lactones) is 1. The molecule has 1 heterocycles. The average molecular weight is 294 g/mol.